The Morgan fingerprint density at radius 1 is 1.41 bits per heavy atom. The molecule has 142 valence electrons. The fraction of sp³-hybridized carbons (Fsp3) is 0.400. The van der Waals surface area contributed by atoms with Crippen molar-refractivity contribution in [3.05, 3.63) is 50.6 Å². The minimum Gasteiger partial charge on any atom is -0.491 e. The minimum atomic E-state index is -0.642. The molecule has 5 nitrogen and oxygen atoms in total. The monoisotopic (exact) mass is 402 g/mol. The van der Waals surface area contributed by atoms with Crippen molar-refractivity contribution in [2.24, 2.45) is 7.05 Å². The largest absolute Gasteiger partial charge is 0.491 e. The van der Waals surface area contributed by atoms with Crippen LogP contribution in [0.15, 0.2) is 34.2 Å². The number of aliphatic hydroxyl groups excluding tert-OH is 1. The van der Waals surface area contributed by atoms with Crippen LogP contribution in [-0.2, 0) is 19.9 Å². The molecule has 0 unspecified atom stereocenters. The first-order valence-electron chi connectivity index (χ1n) is 9.04. The Morgan fingerprint density at radius 2 is 2.26 bits per heavy atom. The summed E-state index contributed by atoms with van der Waals surface area (Å²) in [5.74, 6) is 1.17. The van der Waals surface area contributed by atoms with Crippen molar-refractivity contribution in [2.75, 3.05) is 12.4 Å². The Bertz CT molecular complexity index is 1040. The molecule has 1 aromatic carbocycles. The van der Waals surface area contributed by atoms with Gasteiger partial charge in [-0.05, 0) is 49.4 Å². The average molecular weight is 403 g/mol. The van der Waals surface area contributed by atoms with Crippen LogP contribution in [0.25, 0.3) is 10.2 Å². The maximum Gasteiger partial charge on any atom is 0.262 e. The average Bonchev–Trinajstić information content (AvgIpc) is 3.22. The number of ether oxygens (including phenoxy) is 1. The van der Waals surface area contributed by atoms with E-state index in [0.29, 0.717) is 10.9 Å². The van der Waals surface area contributed by atoms with E-state index in [1.807, 2.05) is 31.2 Å². The summed E-state index contributed by atoms with van der Waals surface area (Å²) in [5, 5.41) is 11.7. The molecule has 1 N–H and O–H groups in total. The fourth-order valence-corrected chi connectivity index (χ4v) is 5.53. The van der Waals surface area contributed by atoms with Gasteiger partial charge in [-0.2, -0.15) is 0 Å². The van der Waals surface area contributed by atoms with Crippen molar-refractivity contribution in [3.63, 3.8) is 0 Å². The number of aromatic nitrogens is 2. The summed E-state index contributed by atoms with van der Waals surface area (Å²) in [6.45, 7) is 2.21. The second-order valence-electron chi connectivity index (χ2n) is 6.89. The van der Waals surface area contributed by atoms with Gasteiger partial charge < -0.3 is 9.84 Å². The van der Waals surface area contributed by atoms with E-state index in [1.165, 1.54) is 22.2 Å². The van der Waals surface area contributed by atoms with Crippen LogP contribution in [-0.4, -0.2) is 33.1 Å². The van der Waals surface area contributed by atoms with Crippen molar-refractivity contribution >= 4 is 33.3 Å². The Hall–Kier alpha value is -1.83. The third-order valence-corrected chi connectivity index (χ3v) is 7.10. The van der Waals surface area contributed by atoms with E-state index >= 15 is 0 Å². The van der Waals surface area contributed by atoms with Gasteiger partial charge in [-0.3, -0.25) is 9.36 Å². The van der Waals surface area contributed by atoms with Crippen molar-refractivity contribution < 1.29 is 9.84 Å². The van der Waals surface area contributed by atoms with Gasteiger partial charge in [-0.25, -0.2) is 4.98 Å². The molecule has 1 atom stereocenters. The van der Waals surface area contributed by atoms with Crippen LogP contribution in [0.2, 0.25) is 0 Å². The molecule has 1 aliphatic rings. The number of aryl methyl sites for hydroxylation is 3. The maximum atomic E-state index is 12.8. The second kappa shape index (κ2) is 7.66. The predicted molar refractivity (Wildman–Crippen MR) is 110 cm³/mol. The number of thioether (sulfide) groups is 1. The first-order valence-corrected chi connectivity index (χ1v) is 10.8. The van der Waals surface area contributed by atoms with Crippen LogP contribution in [0.1, 0.15) is 22.4 Å². The highest BCUT2D eigenvalue weighted by Crippen LogP contribution is 2.35. The molecule has 27 heavy (non-hydrogen) atoms. The lowest BCUT2D eigenvalue weighted by Crippen LogP contribution is -2.23. The zero-order valence-electron chi connectivity index (χ0n) is 15.4. The van der Waals surface area contributed by atoms with Crippen LogP contribution in [0, 0.1) is 6.92 Å². The van der Waals surface area contributed by atoms with Crippen molar-refractivity contribution in [1.82, 2.24) is 9.55 Å². The predicted octanol–water partition coefficient (Wildman–Crippen LogP) is 3.32. The molecular formula is C20H22N2O3S2. The number of aliphatic hydroxyl groups is 1. The number of hydrogen-bond donors (Lipinski definition) is 1. The molecule has 1 aliphatic carbocycles. The van der Waals surface area contributed by atoms with Crippen LogP contribution in [0.4, 0.5) is 0 Å². The van der Waals surface area contributed by atoms with E-state index in [-0.39, 0.29) is 12.2 Å². The van der Waals surface area contributed by atoms with Gasteiger partial charge in [0, 0.05) is 17.7 Å². The summed E-state index contributed by atoms with van der Waals surface area (Å²) in [5.41, 5.74) is 2.34. The van der Waals surface area contributed by atoms with Gasteiger partial charge in [-0.15, -0.1) is 11.3 Å². The zero-order chi connectivity index (χ0) is 19.0. The van der Waals surface area contributed by atoms with E-state index < -0.39 is 6.10 Å². The number of nitrogens with zero attached hydrogens (tertiary/aromatic N) is 2. The second-order valence-corrected chi connectivity index (χ2v) is 8.96. The molecule has 0 aliphatic heterocycles. The molecule has 0 saturated carbocycles. The zero-order valence-corrected chi connectivity index (χ0v) is 17.0. The van der Waals surface area contributed by atoms with Crippen molar-refractivity contribution in [3.8, 4) is 5.75 Å². The Morgan fingerprint density at radius 3 is 3.07 bits per heavy atom. The molecule has 3 aromatic rings. The van der Waals surface area contributed by atoms with Gasteiger partial charge >= 0.3 is 0 Å². The summed E-state index contributed by atoms with van der Waals surface area (Å²) >= 11 is 3.03. The van der Waals surface area contributed by atoms with Crippen LogP contribution < -0.4 is 10.3 Å². The molecule has 0 spiro atoms. The van der Waals surface area contributed by atoms with Crippen molar-refractivity contribution in [1.29, 1.82) is 0 Å². The normalized spacial score (nSPS) is 14.5. The molecular weight excluding hydrogens is 380 g/mol. The molecule has 0 radical (unpaired) electrons. The van der Waals surface area contributed by atoms with Gasteiger partial charge in [0.15, 0.2) is 5.16 Å². The van der Waals surface area contributed by atoms with Gasteiger partial charge in [0.25, 0.3) is 5.56 Å². The van der Waals surface area contributed by atoms with Gasteiger partial charge in [0.05, 0.1) is 11.5 Å². The van der Waals surface area contributed by atoms with E-state index in [0.717, 1.165) is 40.8 Å². The first kappa shape index (κ1) is 18.5. The summed E-state index contributed by atoms with van der Waals surface area (Å²) in [7, 11) is 1.76. The van der Waals surface area contributed by atoms with Crippen LogP contribution >= 0.6 is 23.1 Å². The third kappa shape index (κ3) is 3.77. The molecule has 2 aromatic heterocycles. The molecule has 4 rings (SSSR count). The van der Waals surface area contributed by atoms with Gasteiger partial charge in [-0.1, -0.05) is 23.9 Å². The van der Waals surface area contributed by atoms with Crippen molar-refractivity contribution in [2.45, 2.75) is 37.4 Å². The Balaban J connectivity index is 1.44. The summed E-state index contributed by atoms with van der Waals surface area (Å²) in [4.78, 5) is 19.6. The smallest absolute Gasteiger partial charge is 0.262 e. The van der Waals surface area contributed by atoms with E-state index in [2.05, 4.69) is 0 Å². The number of benzene rings is 1. The van der Waals surface area contributed by atoms with E-state index in [9.17, 15) is 9.90 Å². The van der Waals surface area contributed by atoms with E-state index in [4.69, 9.17) is 9.72 Å². The highest BCUT2D eigenvalue weighted by molar-refractivity contribution is 7.99. The lowest BCUT2D eigenvalue weighted by Gasteiger charge is -2.13. The Kier molecular flexibility index (Phi) is 5.25. The minimum absolute atomic E-state index is 0.0207. The highest BCUT2D eigenvalue weighted by atomic mass is 32.2. The van der Waals surface area contributed by atoms with Gasteiger partial charge in [0.1, 0.15) is 17.2 Å². The number of fused-ring (bicyclic) bond motifs is 3. The molecule has 0 saturated heterocycles. The molecule has 0 fully saturated rings. The lowest BCUT2D eigenvalue weighted by atomic mass is 10.2. The highest BCUT2D eigenvalue weighted by Gasteiger charge is 2.22. The quantitative estimate of drug-likeness (QED) is 0.506. The molecule has 0 bridgehead atoms. The third-order valence-electron chi connectivity index (χ3n) is 4.74. The van der Waals surface area contributed by atoms with Crippen LogP contribution in [0.5, 0.6) is 5.75 Å². The molecule has 2 heterocycles. The van der Waals surface area contributed by atoms with Gasteiger partial charge in [0.2, 0.25) is 0 Å². The molecule has 7 heteroatoms. The summed E-state index contributed by atoms with van der Waals surface area (Å²) in [6.07, 6.45) is 2.52. The topological polar surface area (TPSA) is 64.3 Å². The summed E-state index contributed by atoms with van der Waals surface area (Å²) < 4.78 is 7.26. The van der Waals surface area contributed by atoms with Crippen LogP contribution in [0.3, 0.4) is 0 Å². The standard InChI is InChI=1S/C20H22N2O3S2/c1-12-5-3-6-14(9-12)25-10-13(23)11-26-20-21-18-17(19(24)22(20)2)15-7-4-8-16(15)27-18/h3,5-6,9,13,23H,4,7-8,10-11H2,1-2H3/t13-/m1/s1. The summed E-state index contributed by atoms with van der Waals surface area (Å²) in [6, 6.07) is 7.75. The molecule has 0 amide bonds. The SMILES string of the molecule is Cc1cccc(OC[C@@H](O)CSc2nc3sc4c(c3c(=O)n2C)CCC4)c1. The Labute approximate surface area is 166 Å². The maximum absolute atomic E-state index is 12.8. The number of hydrogen-bond acceptors (Lipinski definition) is 6. The fourth-order valence-electron chi connectivity index (χ4n) is 3.35. The number of thiophene rings is 1. The lowest BCUT2D eigenvalue weighted by molar-refractivity contribution is 0.126. The van der Waals surface area contributed by atoms with E-state index in [1.54, 1.807) is 23.0 Å². The number of rotatable bonds is 6. The first-order chi connectivity index (χ1) is 13.0.